The molecule has 0 N–H and O–H groups in total. The van der Waals surface area contributed by atoms with Gasteiger partial charge in [-0.3, -0.25) is 4.79 Å². The van der Waals surface area contributed by atoms with Crippen molar-refractivity contribution >= 4 is 39.1 Å². The Morgan fingerprint density at radius 3 is 2.65 bits per heavy atom. The quantitative estimate of drug-likeness (QED) is 0.409. The Kier molecular flexibility index (Phi) is 5.88. The number of benzene rings is 1. The van der Waals surface area contributed by atoms with Crippen LogP contribution in [0.15, 0.2) is 36.8 Å². The Hall–Kier alpha value is -2.68. The highest BCUT2D eigenvalue weighted by atomic mass is 35.5. The summed E-state index contributed by atoms with van der Waals surface area (Å²) in [7, 11) is 1.66. The topological polar surface area (TPSA) is 82.8 Å². The maximum Gasteiger partial charge on any atom is 0.143 e. The molecule has 9 heteroatoms. The second kappa shape index (κ2) is 8.45. The highest BCUT2D eigenvalue weighted by Gasteiger charge is 2.28. The normalized spacial score (nSPS) is 11.9. The molecular weight excluding hydrogens is 434 g/mol. The number of halogens is 1. The highest BCUT2D eigenvalue weighted by Crippen LogP contribution is 2.35. The molecular formula is C22H22ClN5O2S. The Morgan fingerprint density at radius 2 is 1.97 bits per heavy atom. The number of pyridine rings is 1. The third-order valence-electron chi connectivity index (χ3n) is 5.16. The zero-order valence-corrected chi connectivity index (χ0v) is 19.3. The largest absolute Gasteiger partial charge is 0.374 e. The van der Waals surface area contributed by atoms with Gasteiger partial charge in [0, 0.05) is 31.7 Å². The second-order valence-corrected chi connectivity index (χ2v) is 9.34. The van der Waals surface area contributed by atoms with E-state index in [0.717, 1.165) is 32.0 Å². The monoisotopic (exact) mass is 455 g/mol. The van der Waals surface area contributed by atoms with Gasteiger partial charge in [-0.15, -0.1) is 0 Å². The molecule has 0 bridgehead atoms. The fraction of sp³-hybridized carbons (Fsp3) is 0.318. The minimum atomic E-state index is -0.598. The first-order valence-electron chi connectivity index (χ1n) is 9.76. The van der Waals surface area contributed by atoms with Crippen molar-refractivity contribution in [2.24, 2.45) is 0 Å². The van der Waals surface area contributed by atoms with E-state index in [9.17, 15) is 4.79 Å². The van der Waals surface area contributed by atoms with Gasteiger partial charge in [-0.25, -0.2) is 9.97 Å². The molecule has 1 aromatic carbocycles. The lowest BCUT2D eigenvalue weighted by Crippen LogP contribution is -2.23. The summed E-state index contributed by atoms with van der Waals surface area (Å²) < 4.78 is 5.74. The van der Waals surface area contributed by atoms with Crippen LogP contribution in [0, 0.1) is 6.92 Å². The van der Waals surface area contributed by atoms with Crippen LogP contribution in [0.4, 0.5) is 0 Å². The van der Waals surface area contributed by atoms with Gasteiger partial charge in [0.05, 0.1) is 28.0 Å². The van der Waals surface area contributed by atoms with Crippen molar-refractivity contribution in [3.05, 3.63) is 63.5 Å². The minimum Gasteiger partial charge on any atom is -0.374 e. The van der Waals surface area contributed by atoms with Crippen LogP contribution < -0.4 is 0 Å². The van der Waals surface area contributed by atoms with Crippen molar-refractivity contribution in [2.45, 2.75) is 39.2 Å². The van der Waals surface area contributed by atoms with Gasteiger partial charge in [-0.2, -0.15) is 15.0 Å². The third kappa shape index (κ3) is 4.37. The fourth-order valence-corrected chi connectivity index (χ4v) is 4.64. The molecule has 0 aliphatic heterocycles. The van der Waals surface area contributed by atoms with Gasteiger partial charge >= 0.3 is 0 Å². The number of carbonyl (C=O) groups excluding carboxylic acids is 1. The molecule has 0 fully saturated rings. The summed E-state index contributed by atoms with van der Waals surface area (Å²) in [6.07, 6.45) is 5.44. The molecule has 0 unspecified atom stereocenters. The molecule has 31 heavy (non-hydrogen) atoms. The standard InChI is InChI=1S/C22H22ClN5O2S/c1-13-27-20-19(22(2,3)30-4)15(12-24-21(20)31-13)11-16(29)9-14-5-6-18(17(23)10-14)28-25-7-8-26-28/h5-8,10,12H,9,11H2,1-4H3. The first-order valence-corrected chi connectivity index (χ1v) is 11.0. The van der Waals surface area contributed by atoms with Gasteiger partial charge in [-0.05, 0) is 44.0 Å². The number of aromatic nitrogens is 5. The molecule has 0 atom stereocenters. The fourth-order valence-electron chi connectivity index (χ4n) is 3.59. The van der Waals surface area contributed by atoms with Crippen molar-refractivity contribution in [3.8, 4) is 5.69 Å². The highest BCUT2D eigenvalue weighted by molar-refractivity contribution is 7.18. The summed E-state index contributed by atoms with van der Waals surface area (Å²) in [5.74, 6) is 0.0577. The van der Waals surface area contributed by atoms with Gasteiger partial charge in [0.2, 0.25) is 0 Å². The van der Waals surface area contributed by atoms with E-state index in [1.165, 1.54) is 16.1 Å². The molecule has 4 rings (SSSR count). The molecule has 0 saturated carbocycles. The van der Waals surface area contributed by atoms with Gasteiger partial charge in [-0.1, -0.05) is 29.0 Å². The van der Waals surface area contributed by atoms with Crippen LogP contribution in [-0.4, -0.2) is 37.9 Å². The van der Waals surface area contributed by atoms with Gasteiger partial charge in [0.1, 0.15) is 21.8 Å². The molecule has 4 aromatic rings. The molecule has 0 amide bonds. The van der Waals surface area contributed by atoms with Crippen LogP contribution in [-0.2, 0) is 28.0 Å². The number of rotatable bonds is 7. The van der Waals surface area contributed by atoms with E-state index in [4.69, 9.17) is 16.3 Å². The van der Waals surface area contributed by atoms with Crippen LogP contribution >= 0.6 is 22.9 Å². The number of hydrogen-bond acceptors (Lipinski definition) is 7. The smallest absolute Gasteiger partial charge is 0.143 e. The molecule has 0 saturated heterocycles. The molecule has 0 aliphatic rings. The second-order valence-electron chi connectivity index (χ2n) is 7.76. The molecule has 7 nitrogen and oxygen atoms in total. The Balaban J connectivity index is 1.60. The summed E-state index contributed by atoms with van der Waals surface area (Å²) in [6, 6.07) is 5.47. The minimum absolute atomic E-state index is 0.0577. The molecule has 3 aromatic heterocycles. The van der Waals surface area contributed by atoms with Crippen molar-refractivity contribution in [1.29, 1.82) is 0 Å². The number of carbonyl (C=O) groups is 1. The lowest BCUT2D eigenvalue weighted by molar-refractivity contribution is -0.117. The first kappa shape index (κ1) is 21.5. The molecule has 0 radical (unpaired) electrons. The number of thiazole rings is 1. The number of methoxy groups -OCH3 is 1. The van der Waals surface area contributed by atoms with Gasteiger partial charge in [0.25, 0.3) is 0 Å². The van der Waals surface area contributed by atoms with Crippen molar-refractivity contribution < 1.29 is 9.53 Å². The SMILES string of the molecule is COC(C)(C)c1c(CC(=O)Cc2ccc(-n3nccn3)c(Cl)c2)cnc2sc(C)nc12. The average Bonchev–Trinajstić information content (AvgIpc) is 3.36. The van der Waals surface area contributed by atoms with Crippen molar-refractivity contribution in [3.63, 3.8) is 0 Å². The summed E-state index contributed by atoms with van der Waals surface area (Å²) in [4.78, 5) is 24.4. The number of ketones is 1. The van der Waals surface area contributed by atoms with Crippen LogP contribution in [0.1, 0.15) is 35.5 Å². The van der Waals surface area contributed by atoms with E-state index in [2.05, 4.69) is 20.2 Å². The third-order valence-corrected chi connectivity index (χ3v) is 6.34. The molecule has 160 valence electrons. The van der Waals surface area contributed by atoms with Gasteiger partial charge < -0.3 is 4.74 Å². The van der Waals surface area contributed by atoms with Crippen LogP contribution in [0.5, 0.6) is 0 Å². The van der Waals surface area contributed by atoms with E-state index >= 15 is 0 Å². The van der Waals surface area contributed by atoms with Crippen LogP contribution in [0.25, 0.3) is 16.0 Å². The molecule has 3 heterocycles. The number of ether oxygens (including phenoxy) is 1. The molecule has 0 spiro atoms. The summed E-state index contributed by atoms with van der Waals surface area (Å²) in [6.45, 7) is 5.91. The lowest BCUT2D eigenvalue weighted by atomic mass is 9.90. The first-order chi connectivity index (χ1) is 14.8. The van der Waals surface area contributed by atoms with Crippen molar-refractivity contribution in [2.75, 3.05) is 7.11 Å². The zero-order chi connectivity index (χ0) is 22.2. The lowest BCUT2D eigenvalue weighted by Gasteiger charge is -2.26. The van der Waals surface area contributed by atoms with E-state index in [1.54, 1.807) is 31.8 Å². The predicted octanol–water partition coefficient (Wildman–Crippen LogP) is 4.47. The van der Waals surface area contributed by atoms with Crippen LogP contribution in [0.2, 0.25) is 5.02 Å². The molecule has 0 aliphatic carbocycles. The van der Waals surface area contributed by atoms with Gasteiger partial charge in [0.15, 0.2) is 0 Å². The van der Waals surface area contributed by atoms with Crippen molar-refractivity contribution in [1.82, 2.24) is 25.0 Å². The van der Waals surface area contributed by atoms with E-state index in [-0.39, 0.29) is 18.6 Å². The number of Topliss-reactive ketones (excluding diaryl/α,β-unsaturated/α-hetero) is 1. The van der Waals surface area contributed by atoms with E-state index in [0.29, 0.717) is 10.7 Å². The number of fused-ring (bicyclic) bond motifs is 1. The predicted molar refractivity (Wildman–Crippen MR) is 121 cm³/mol. The average molecular weight is 456 g/mol. The summed E-state index contributed by atoms with van der Waals surface area (Å²) in [5, 5.41) is 9.60. The Bertz CT molecular complexity index is 1250. The maximum absolute atomic E-state index is 13.0. The maximum atomic E-state index is 13.0. The zero-order valence-electron chi connectivity index (χ0n) is 17.7. The summed E-state index contributed by atoms with van der Waals surface area (Å²) >= 11 is 7.93. The Morgan fingerprint density at radius 1 is 1.23 bits per heavy atom. The number of aryl methyl sites for hydroxylation is 1. The van der Waals surface area contributed by atoms with E-state index < -0.39 is 5.60 Å². The van der Waals surface area contributed by atoms with Crippen LogP contribution in [0.3, 0.4) is 0 Å². The Labute approximate surface area is 189 Å². The van der Waals surface area contributed by atoms with E-state index in [1.807, 2.05) is 32.9 Å². The summed E-state index contributed by atoms with van der Waals surface area (Å²) in [5.41, 5.74) is 3.45. The number of hydrogen-bond donors (Lipinski definition) is 0. The number of nitrogens with zero attached hydrogens (tertiary/aromatic N) is 5.